The highest BCUT2D eigenvalue weighted by Crippen LogP contribution is 2.30. The van der Waals surface area contributed by atoms with Crippen molar-refractivity contribution in [3.63, 3.8) is 0 Å². The van der Waals surface area contributed by atoms with Gasteiger partial charge in [0.15, 0.2) is 0 Å². The van der Waals surface area contributed by atoms with Crippen molar-refractivity contribution in [3.05, 3.63) is 57.0 Å². The van der Waals surface area contributed by atoms with Gasteiger partial charge < -0.3 is 19.7 Å². The average Bonchev–Trinajstić information content (AvgIpc) is 3.33. The van der Waals surface area contributed by atoms with Crippen LogP contribution in [0, 0.1) is 0 Å². The van der Waals surface area contributed by atoms with Gasteiger partial charge in [-0.2, -0.15) is 11.3 Å². The predicted octanol–water partition coefficient (Wildman–Crippen LogP) is 3.23. The lowest BCUT2D eigenvalue weighted by Gasteiger charge is -2.33. The fraction of sp³-hybridized carbons (Fsp3) is 0.318. The summed E-state index contributed by atoms with van der Waals surface area (Å²) in [5, 5.41) is 7.23. The summed E-state index contributed by atoms with van der Waals surface area (Å²) in [5.41, 5.74) is 1.80. The van der Waals surface area contributed by atoms with E-state index in [9.17, 15) is 9.59 Å². The van der Waals surface area contributed by atoms with Crippen LogP contribution in [0.5, 0.6) is 11.5 Å². The average molecular weight is 441 g/mol. The van der Waals surface area contributed by atoms with Crippen LogP contribution in [-0.2, 0) is 0 Å². The number of thiophene rings is 1. The molecular formula is C22H24N4O4S. The van der Waals surface area contributed by atoms with Crippen LogP contribution in [0.1, 0.15) is 23.2 Å². The van der Waals surface area contributed by atoms with E-state index in [2.05, 4.69) is 15.3 Å². The van der Waals surface area contributed by atoms with Crippen molar-refractivity contribution < 1.29 is 14.3 Å². The lowest BCUT2D eigenvalue weighted by Crippen LogP contribution is -2.43. The van der Waals surface area contributed by atoms with Gasteiger partial charge in [0.05, 0.1) is 19.9 Å². The third kappa shape index (κ3) is 4.56. The minimum atomic E-state index is -0.199. The molecule has 0 unspecified atom stereocenters. The van der Waals surface area contributed by atoms with E-state index in [1.807, 2.05) is 16.8 Å². The molecule has 1 aromatic carbocycles. The molecule has 2 aromatic heterocycles. The zero-order valence-electron chi connectivity index (χ0n) is 17.4. The van der Waals surface area contributed by atoms with Crippen molar-refractivity contribution in [2.45, 2.75) is 18.9 Å². The summed E-state index contributed by atoms with van der Waals surface area (Å²) >= 11 is 1.56. The second kappa shape index (κ2) is 9.22. The molecule has 1 aliphatic rings. The van der Waals surface area contributed by atoms with E-state index < -0.39 is 0 Å². The molecule has 162 valence electrons. The number of aromatic amines is 1. The standard InChI is InChI=1S/C22H24N4O4S/c1-29-17-4-3-5-18(30-2)20(17)21(28)26-9-6-15(7-10-26)23-22-24-16(12-19(27)25-22)14-8-11-31-13-14/h3-5,8,11-13,15H,6-7,9-10H2,1-2H3,(H2,23,24,25,27). The largest absolute Gasteiger partial charge is 0.496 e. The number of likely N-dealkylation sites (tertiary alicyclic amines) is 1. The number of aromatic nitrogens is 2. The number of ether oxygens (including phenoxy) is 2. The number of rotatable bonds is 6. The molecule has 9 heteroatoms. The Morgan fingerprint density at radius 2 is 1.90 bits per heavy atom. The molecule has 4 rings (SSSR count). The number of hydrogen-bond donors (Lipinski definition) is 2. The number of H-pyrrole nitrogens is 1. The van der Waals surface area contributed by atoms with Crippen LogP contribution in [-0.4, -0.2) is 54.1 Å². The molecule has 0 radical (unpaired) electrons. The highest BCUT2D eigenvalue weighted by Gasteiger charge is 2.28. The van der Waals surface area contributed by atoms with Gasteiger partial charge in [0, 0.05) is 36.1 Å². The van der Waals surface area contributed by atoms with E-state index in [-0.39, 0.29) is 17.5 Å². The monoisotopic (exact) mass is 440 g/mol. The van der Waals surface area contributed by atoms with Crippen LogP contribution in [0.3, 0.4) is 0 Å². The zero-order valence-corrected chi connectivity index (χ0v) is 18.2. The number of anilines is 1. The summed E-state index contributed by atoms with van der Waals surface area (Å²) in [6.45, 7) is 1.15. The maximum atomic E-state index is 13.1. The molecule has 0 atom stereocenters. The van der Waals surface area contributed by atoms with Crippen molar-refractivity contribution in [2.75, 3.05) is 32.6 Å². The molecule has 0 bridgehead atoms. The zero-order chi connectivity index (χ0) is 21.8. The van der Waals surface area contributed by atoms with Gasteiger partial charge in [-0.3, -0.25) is 14.6 Å². The van der Waals surface area contributed by atoms with Gasteiger partial charge >= 0.3 is 0 Å². The number of carbonyl (C=O) groups excluding carboxylic acids is 1. The van der Waals surface area contributed by atoms with Crippen molar-refractivity contribution in [2.24, 2.45) is 0 Å². The van der Waals surface area contributed by atoms with Crippen LogP contribution in [0.15, 0.2) is 45.9 Å². The van der Waals surface area contributed by atoms with Crippen LogP contribution >= 0.6 is 11.3 Å². The van der Waals surface area contributed by atoms with Gasteiger partial charge in [-0.15, -0.1) is 0 Å². The second-order valence-corrected chi connectivity index (χ2v) is 8.02. The molecule has 0 spiro atoms. The van der Waals surface area contributed by atoms with Crippen molar-refractivity contribution >= 4 is 23.2 Å². The molecule has 1 amide bonds. The molecule has 8 nitrogen and oxygen atoms in total. The minimum Gasteiger partial charge on any atom is -0.496 e. The van der Waals surface area contributed by atoms with Crippen molar-refractivity contribution in [1.82, 2.24) is 14.9 Å². The molecule has 1 aliphatic heterocycles. The molecule has 1 fully saturated rings. The molecule has 1 saturated heterocycles. The Bertz CT molecular complexity index is 1080. The number of benzene rings is 1. The highest BCUT2D eigenvalue weighted by atomic mass is 32.1. The highest BCUT2D eigenvalue weighted by molar-refractivity contribution is 7.08. The predicted molar refractivity (Wildman–Crippen MR) is 120 cm³/mol. The smallest absolute Gasteiger partial charge is 0.261 e. The SMILES string of the molecule is COc1cccc(OC)c1C(=O)N1CCC(Nc2nc(-c3ccsc3)cc(=O)[nH]2)CC1. The minimum absolute atomic E-state index is 0.101. The quantitative estimate of drug-likeness (QED) is 0.611. The molecule has 3 heterocycles. The van der Waals surface area contributed by atoms with E-state index in [1.165, 1.54) is 6.07 Å². The Morgan fingerprint density at radius 3 is 2.52 bits per heavy atom. The fourth-order valence-electron chi connectivity index (χ4n) is 3.72. The summed E-state index contributed by atoms with van der Waals surface area (Å²) in [4.78, 5) is 34.3. The first-order chi connectivity index (χ1) is 15.1. The topological polar surface area (TPSA) is 96.6 Å². The molecule has 0 aliphatic carbocycles. The third-order valence-corrected chi connectivity index (χ3v) is 6.01. The number of methoxy groups -OCH3 is 2. The van der Waals surface area contributed by atoms with E-state index in [4.69, 9.17) is 9.47 Å². The van der Waals surface area contributed by atoms with E-state index in [1.54, 1.807) is 48.7 Å². The summed E-state index contributed by atoms with van der Waals surface area (Å²) in [6, 6.07) is 8.84. The van der Waals surface area contributed by atoms with Gasteiger partial charge in [-0.05, 0) is 36.4 Å². The molecular weight excluding hydrogens is 416 g/mol. The van der Waals surface area contributed by atoms with Gasteiger partial charge in [-0.1, -0.05) is 6.07 Å². The Hall–Kier alpha value is -3.33. The molecule has 3 aromatic rings. The first-order valence-electron chi connectivity index (χ1n) is 9.99. The molecule has 0 saturated carbocycles. The summed E-state index contributed by atoms with van der Waals surface area (Å²) in [7, 11) is 3.08. The maximum Gasteiger partial charge on any atom is 0.261 e. The Morgan fingerprint density at radius 1 is 1.19 bits per heavy atom. The Labute approximate surface area is 183 Å². The maximum absolute atomic E-state index is 13.1. The Kier molecular flexibility index (Phi) is 6.22. The second-order valence-electron chi connectivity index (χ2n) is 7.24. The molecule has 31 heavy (non-hydrogen) atoms. The first kappa shape index (κ1) is 20.9. The third-order valence-electron chi connectivity index (χ3n) is 5.32. The Balaban J connectivity index is 1.43. The van der Waals surface area contributed by atoms with E-state index in [0.717, 1.165) is 18.4 Å². The number of piperidine rings is 1. The van der Waals surface area contributed by atoms with Gasteiger partial charge in [-0.25, -0.2) is 4.98 Å². The van der Waals surface area contributed by atoms with Gasteiger partial charge in [0.25, 0.3) is 11.5 Å². The number of hydrogen-bond acceptors (Lipinski definition) is 7. The fourth-order valence-corrected chi connectivity index (χ4v) is 4.37. The lowest BCUT2D eigenvalue weighted by molar-refractivity contribution is 0.0711. The van der Waals surface area contributed by atoms with Crippen LogP contribution < -0.4 is 20.3 Å². The number of amides is 1. The lowest BCUT2D eigenvalue weighted by atomic mass is 10.0. The van der Waals surface area contributed by atoms with Crippen molar-refractivity contribution in [1.29, 1.82) is 0 Å². The molecule has 2 N–H and O–H groups in total. The normalized spacial score (nSPS) is 14.3. The number of nitrogens with zero attached hydrogens (tertiary/aromatic N) is 2. The van der Waals surface area contributed by atoms with Gasteiger partial charge in [0.1, 0.15) is 17.1 Å². The number of nitrogens with one attached hydrogen (secondary N) is 2. The summed E-state index contributed by atoms with van der Waals surface area (Å²) in [5.74, 6) is 1.33. The first-order valence-corrected chi connectivity index (χ1v) is 10.9. The van der Waals surface area contributed by atoms with Crippen LogP contribution in [0.2, 0.25) is 0 Å². The summed E-state index contributed by atoms with van der Waals surface area (Å²) in [6.07, 6.45) is 1.46. The van der Waals surface area contributed by atoms with E-state index in [0.29, 0.717) is 41.8 Å². The number of carbonyl (C=O) groups is 1. The van der Waals surface area contributed by atoms with Crippen LogP contribution in [0.25, 0.3) is 11.3 Å². The summed E-state index contributed by atoms with van der Waals surface area (Å²) < 4.78 is 10.7. The van der Waals surface area contributed by atoms with Crippen LogP contribution in [0.4, 0.5) is 5.95 Å². The van der Waals surface area contributed by atoms with E-state index >= 15 is 0 Å². The van der Waals surface area contributed by atoms with Gasteiger partial charge in [0.2, 0.25) is 5.95 Å². The van der Waals surface area contributed by atoms with Crippen molar-refractivity contribution in [3.8, 4) is 22.8 Å².